The van der Waals surface area contributed by atoms with Crippen LogP contribution in [-0.2, 0) is 10.2 Å². The summed E-state index contributed by atoms with van der Waals surface area (Å²) < 4.78 is 19.1. The molecule has 1 aliphatic carbocycles. The van der Waals surface area contributed by atoms with Crippen LogP contribution in [0.4, 0.5) is 4.39 Å². The average molecular weight is 375 g/mol. The number of nitrogens with zero attached hydrogens (tertiary/aromatic N) is 3. The summed E-state index contributed by atoms with van der Waals surface area (Å²) in [6, 6.07) is 7.07. The molecule has 1 atom stereocenters. The van der Waals surface area contributed by atoms with Crippen LogP contribution < -0.4 is 5.32 Å². The van der Waals surface area contributed by atoms with Crippen LogP contribution in [0.3, 0.4) is 0 Å². The topological polar surface area (TPSA) is 40.1 Å². The van der Waals surface area contributed by atoms with Crippen molar-refractivity contribution < 1.29 is 9.13 Å². The van der Waals surface area contributed by atoms with E-state index in [9.17, 15) is 4.39 Å². The Morgan fingerprint density at radius 1 is 1.30 bits per heavy atom. The molecule has 3 aliphatic rings. The second-order valence-electron chi connectivity index (χ2n) is 8.21. The van der Waals surface area contributed by atoms with Crippen LogP contribution in [0.2, 0.25) is 0 Å². The van der Waals surface area contributed by atoms with Crippen molar-refractivity contribution in [1.29, 1.82) is 0 Å². The van der Waals surface area contributed by atoms with E-state index in [1.54, 1.807) is 6.07 Å². The SMILES string of the molecule is CN=C(NCC1(c2cccc(F)c2)CC1)N1CCC(CN2CCOCC2)C1. The van der Waals surface area contributed by atoms with Crippen LogP contribution in [0.1, 0.15) is 24.8 Å². The van der Waals surface area contributed by atoms with Crippen LogP contribution >= 0.6 is 0 Å². The van der Waals surface area contributed by atoms with Crippen molar-refractivity contribution in [2.24, 2.45) is 10.9 Å². The number of benzene rings is 1. The largest absolute Gasteiger partial charge is 0.379 e. The Hall–Kier alpha value is -1.66. The van der Waals surface area contributed by atoms with Crippen molar-refractivity contribution in [3.63, 3.8) is 0 Å². The van der Waals surface area contributed by atoms with Gasteiger partial charge in [0.05, 0.1) is 13.2 Å². The van der Waals surface area contributed by atoms with Gasteiger partial charge in [0.25, 0.3) is 0 Å². The van der Waals surface area contributed by atoms with Gasteiger partial charge < -0.3 is 15.0 Å². The highest BCUT2D eigenvalue weighted by atomic mass is 19.1. The lowest BCUT2D eigenvalue weighted by Crippen LogP contribution is -2.44. The Balaban J connectivity index is 1.30. The van der Waals surface area contributed by atoms with Gasteiger partial charge in [0.2, 0.25) is 0 Å². The van der Waals surface area contributed by atoms with Gasteiger partial charge in [-0.25, -0.2) is 4.39 Å². The smallest absolute Gasteiger partial charge is 0.193 e. The maximum Gasteiger partial charge on any atom is 0.193 e. The zero-order valence-corrected chi connectivity index (χ0v) is 16.3. The van der Waals surface area contributed by atoms with E-state index in [4.69, 9.17) is 4.74 Å². The molecule has 148 valence electrons. The first-order chi connectivity index (χ1) is 13.2. The van der Waals surface area contributed by atoms with Gasteiger partial charge >= 0.3 is 0 Å². The zero-order chi connectivity index (χ0) is 18.7. The molecule has 27 heavy (non-hydrogen) atoms. The molecule has 4 rings (SSSR count). The molecule has 0 radical (unpaired) electrons. The van der Waals surface area contributed by atoms with E-state index in [1.807, 2.05) is 13.1 Å². The van der Waals surface area contributed by atoms with Crippen molar-refractivity contribution in [3.05, 3.63) is 35.6 Å². The summed E-state index contributed by atoms with van der Waals surface area (Å²) in [7, 11) is 1.86. The van der Waals surface area contributed by atoms with E-state index in [2.05, 4.69) is 26.2 Å². The summed E-state index contributed by atoms with van der Waals surface area (Å²) in [6.45, 7) is 7.94. The number of ether oxygens (including phenoxy) is 1. The summed E-state index contributed by atoms with van der Waals surface area (Å²) in [5.74, 6) is 1.54. The number of nitrogens with one attached hydrogen (secondary N) is 1. The van der Waals surface area contributed by atoms with E-state index in [0.717, 1.165) is 76.8 Å². The van der Waals surface area contributed by atoms with Gasteiger partial charge in [0.1, 0.15) is 5.82 Å². The molecule has 0 aromatic heterocycles. The monoisotopic (exact) mass is 374 g/mol. The third-order valence-electron chi connectivity index (χ3n) is 6.29. The van der Waals surface area contributed by atoms with Crippen molar-refractivity contribution in [3.8, 4) is 0 Å². The van der Waals surface area contributed by atoms with Crippen molar-refractivity contribution in [1.82, 2.24) is 15.1 Å². The number of guanidine groups is 1. The van der Waals surface area contributed by atoms with Gasteiger partial charge in [-0.2, -0.15) is 0 Å². The Morgan fingerprint density at radius 2 is 2.11 bits per heavy atom. The van der Waals surface area contributed by atoms with Gasteiger partial charge in [-0.05, 0) is 42.9 Å². The highest BCUT2D eigenvalue weighted by molar-refractivity contribution is 5.80. The first-order valence-corrected chi connectivity index (χ1v) is 10.2. The summed E-state index contributed by atoms with van der Waals surface area (Å²) in [6.07, 6.45) is 3.44. The molecule has 0 amide bonds. The first-order valence-electron chi connectivity index (χ1n) is 10.2. The number of rotatable bonds is 5. The zero-order valence-electron chi connectivity index (χ0n) is 16.3. The molecule has 1 unspecified atom stereocenters. The third-order valence-corrected chi connectivity index (χ3v) is 6.29. The van der Waals surface area contributed by atoms with Crippen LogP contribution in [0.25, 0.3) is 0 Å². The van der Waals surface area contributed by atoms with E-state index in [0.29, 0.717) is 5.92 Å². The summed E-state index contributed by atoms with van der Waals surface area (Å²) in [4.78, 5) is 9.42. The molecule has 0 bridgehead atoms. The quantitative estimate of drug-likeness (QED) is 0.633. The fourth-order valence-corrected chi connectivity index (χ4v) is 4.44. The van der Waals surface area contributed by atoms with Crippen LogP contribution in [-0.4, -0.2) is 75.3 Å². The lowest BCUT2D eigenvalue weighted by atomic mass is 9.96. The Bertz CT molecular complexity index is 670. The van der Waals surface area contributed by atoms with Gasteiger partial charge in [0, 0.05) is 51.7 Å². The summed E-state index contributed by atoms with van der Waals surface area (Å²) >= 11 is 0. The van der Waals surface area contributed by atoms with Crippen LogP contribution in [0.15, 0.2) is 29.3 Å². The Morgan fingerprint density at radius 3 is 2.81 bits per heavy atom. The third kappa shape index (κ3) is 4.43. The molecule has 2 aliphatic heterocycles. The van der Waals surface area contributed by atoms with Crippen LogP contribution in [0, 0.1) is 11.7 Å². The first kappa shape index (κ1) is 18.7. The predicted molar refractivity (Wildman–Crippen MR) is 106 cm³/mol. The Labute approximate surface area is 161 Å². The second-order valence-corrected chi connectivity index (χ2v) is 8.21. The maximum absolute atomic E-state index is 13.6. The normalized spacial score (nSPS) is 25.6. The standard InChI is InChI=1S/C21H31FN4O/c1-23-20(24-16-21(6-7-21)18-3-2-4-19(22)13-18)26-8-5-17(15-26)14-25-9-11-27-12-10-25/h2-4,13,17H,5-12,14-16H2,1H3,(H,23,24). The van der Waals surface area contributed by atoms with Gasteiger partial charge in [0.15, 0.2) is 5.96 Å². The van der Waals surface area contributed by atoms with Gasteiger partial charge in [-0.1, -0.05) is 12.1 Å². The van der Waals surface area contributed by atoms with Gasteiger partial charge in [-0.3, -0.25) is 9.89 Å². The highest BCUT2D eigenvalue weighted by Gasteiger charge is 2.44. The molecule has 2 saturated heterocycles. The minimum absolute atomic E-state index is 0.0744. The van der Waals surface area contributed by atoms with Gasteiger partial charge in [-0.15, -0.1) is 0 Å². The highest BCUT2D eigenvalue weighted by Crippen LogP contribution is 2.47. The summed E-state index contributed by atoms with van der Waals surface area (Å²) in [5, 5.41) is 3.58. The second kappa shape index (κ2) is 8.15. The minimum Gasteiger partial charge on any atom is -0.379 e. The fraction of sp³-hybridized carbons (Fsp3) is 0.667. The predicted octanol–water partition coefficient (Wildman–Crippen LogP) is 2.09. The average Bonchev–Trinajstić information content (AvgIpc) is 3.35. The lowest BCUT2D eigenvalue weighted by Gasteiger charge is -2.29. The van der Waals surface area contributed by atoms with Crippen LogP contribution in [0.5, 0.6) is 0 Å². The molecule has 1 N–H and O–H groups in total. The molecule has 0 spiro atoms. The maximum atomic E-state index is 13.6. The summed E-state index contributed by atoms with van der Waals surface area (Å²) in [5.41, 5.74) is 1.18. The number of aliphatic imine (C=N–C) groups is 1. The molecule has 5 nitrogen and oxygen atoms in total. The van der Waals surface area contributed by atoms with Crippen molar-refractivity contribution in [2.45, 2.75) is 24.7 Å². The van der Waals surface area contributed by atoms with E-state index < -0.39 is 0 Å². The van der Waals surface area contributed by atoms with E-state index >= 15 is 0 Å². The number of morpholine rings is 1. The van der Waals surface area contributed by atoms with Crippen molar-refractivity contribution in [2.75, 3.05) is 59.5 Å². The molecule has 1 saturated carbocycles. The molecule has 3 fully saturated rings. The number of halogens is 1. The molecule has 1 aromatic rings. The number of likely N-dealkylation sites (tertiary alicyclic amines) is 1. The van der Waals surface area contributed by atoms with E-state index in [1.165, 1.54) is 12.5 Å². The molecule has 2 heterocycles. The fourth-order valence-electron chi connectivity index (χ4n) is 4.44. The molecular weight excluding hydrogens is 343 g/mol. The number of hydrogen-bond acceptors (Lipinski definition) is 3. The Kier molecular flexibility index (Phi) is 5.64. The van der Waals surface area contributed by atoms with Crippen molar-refractivity contribution >= 4 is 5.96 Å². The molecule has 1 aromatic carbocycles. The lowest BCUT2D eigenvalue weighted by molar-refractivity contribution is 0.0315. The molecule has 6 heteroatoms. The molecular formula is C21H31FN4O. The van der Waals surface area contributed by atoms with E-state index in [-0.39, 0.29) is 11.2 Å². The number of hydrogen-bond donors (Lipinski definition) is 1. The minimum atomic E-state index is -0.145.